The molecular formula is C6H16O3SSi. The van der Waals surface area contributed by atoms with Crippen LogP contribution in [0.1, 0.15) is 13.8 Å². The summed E-state index contributed by atoms with van der Waals surface area (Å²) in [5.41, 5.74) is 0. The molecule has 0 aliphatic carbocycles. The first-order chi connectivity index (χ1) is 5.35. The number of thiol groups is 1. The zero-order chi connectivity index (χ0) is 8.53. The van der Waals surface area contributed by atoms with Gasteiger partial charge in [0.15, 0.2) is 0 Å². The summed E-state index contributed by atoms with van der Waals surface area (Å²) in [4.78, 5) is 0. The van der Waals surface area contributed by atoms with Gasteiger partial charge in [0.2, 0.25) is 0 Å². The van der Waals surface area contributed by atoms with Crippen LogP contribution in [0.15, 0.2) is 0 Å². The summed E-state index contributed by atoms with van der Waals surface area (Å²) in [6, 6.07) is 0. The lowest BCUT2D eigenvalue weighted by Crippen LogP contribution is -2.29. The van der Waals surface area contributed by atoms with Crippen molar-refractivity contribution in [3.63, 3.8) is 0 Å². The van der Waals surface area contributed by atoms with Crippen LogP contribution >= 0.6 is 12.6 Å². The Labute approximate surface area is 75.3 Å². The van der Waals surface area contributed by atoms with Crippen LogP contribution in [0.5, 0.6) is 0 Å². The van der Waals surface area contributed by atoms with Crippen LogP contribution < -0.4 is 0 Å². The molecule has 0 atom stereocenters. The number of ether oxygens (including phenoxy) is 1. The predicted octanol–water partition coefficient (Wildman–Crippen LogP) is 0.723. The van der Waals surface area contributed by atoms with Crippen LogP contribution in [0.2, 0.25) is 0 Å². The van der Waals surface area contributed by atoms with Crippen LogP contribution in [-0.2, 0) is 13.6 Å². The number of hydrogen-bond acceptors (Lipinski definition) is 4. The Kier molecular flexibility index (Phi) is 8.89. The minimum atomic E-state index is -1.52. The Bertz CT molecular complexity index is 78.2. The highest BCUT2D eigenvalue weighted by Crippen LogP contribution is 1.91. The van der Waals surface area contributed by atoms with Crippen LogP contribution in [0.3, 0.4) is 0 Å². The van der Waals surface area contributed by atoms with Crippen molar-refractivity contribution in [2.45, 2.75) is 13.8 Å². The molecule has 0 fully saturated rings. The van der Waals surface area contributed by atoms with Crippen molar-refractivity contribution < 1.29 is 13.6 Å². The van der Waals surface area contributed by atoms with Crippen LogP contribution in [0.25, 0.3) is 0 Å². The first kappa shape index (κ1) is 11.4. The van der Waals surface area contributed by atoms with Gasteiger partial charge >= 0.3 is 9.28 Å². The van der Waals surface area contributed by atoms with E-state index in [0.717, 1.165) is 0 Å². The summed E-state index contributed by atoms with van der Waals surface area (Å²) < 4.78 is 15.8. The van der Waals surface area contributed by atoms with E-state index in [0.29, 0.717) is 25.4 Å². The maximum absolute atomic E-state index is 5.34. The summed E-state index contributed by atoms with van der Waals surface area (Å²) >= 11 is 3.92. The van der Waals surface area contributed by atoms with Gasteiger partial charge < -0.3 is 13.6 Å². The molecule has 0 spiro atoms. The number of hydrogen-bond donors (Lipinski definition) is 1. The minimum absolute atomic E-state index is 0.434. The molecule has 0 bridgehead atoms. The van der Waals surface area contributed by atoms with Crippen molar-refractivity contribution in [2.75, 3.05) is 25.4 Å². The van der Waals surface area contributed by atoms with E-state index in [2.05, 4.69) is 12.6 Å². The van der Waals surface area contributed by atoms with Crippen LogP contribution in [0.4, 0.5) is 0 Å². The van der Waals surface area contributed by atoms with Crippen molar-refractivity contribution in [1.29, 1.82) is 0 Å². The second-order valence-electron chi connectivity index (χ2n) is 1.84. The SMILES string of the molecule is CCO[SiH](COCS)OCC. The van der Waals surface area contributed by atoms with E-state index in [1.807, 2.05) is 13.8 Å². The topological polar surface area (TPSA) is 27.7 Å². The Morgan fingerprint density at radius 2 is 1.73 bits per heavy atom. The van der Waals surface area contributed by atoms with E-state index in [1.165, 1.54) is 0 Å². The molecule has 0 heterocycles. The van der Waals surface area contributed by atoms with Gasteiger partial charge in [-0.1, -0.05) is 0 Å². The molecule has 0 aromatic rings. The summed E-state index contributed by atoms with van der Waals surface area (Å²) in [7, 11) is -1.52. The summed E-state index contributed by atoms with van der Waals surface area (Å²) in [6.07, 6.45) is 0.588. The van der Waals surface area contributed by atoms with Crippen molar-refractivity contribution in [1.82, 2.24) is 0 Å². The highest BCUT2D eigenvalue weighted by molar-refractivity contribution is 7.80. The largest absolute Gasteiger partial charge is 0.396 e. The average molecular weight is 196 g/mol. The third-order valence-electron chi connectivity index (χ3n) is 1.05. The molecule has 11 heavy (non-hydrogen) atoms. The van der Waals surface area contributed by atoms with Gasteiger partial charge in [-0.2, -0.15) is 12.6 Å². The predicted molar refractivity (Wildman–Crippen MR) is 50.2 cm³/mol. The monoisotopic (exact) mass is 196 g/mol. The first-order valence-electron chi connectivity index (χ1n) is 3.76. The molecule has 0 unspecified atom stereocenters. The molecule has 0 aliphatic heterocycles. The van der Waals surface area contributed by atoms with Crippen molar-refractivity contribution in [3.05, 3.63) is 0 Å². The van der Waals surface area contributed by atoms with Gasteiger partial charge in [-0.05, 0) is 13.8 Å². The molecule has 0 aromatic heterocycles. The molecule has 0 saturated heterocycles. The molecule has 5 heteroatoms. The lowest BCUT2D eigenvalue weighted by molar-refractivity contribution is 0.151. The third-order valence-corrected chi connectivity index (χ3v) is 3.15. The van der Waals surface area contributed by atoms with E-state index >= 15 is 0 Å². The number of rotatable bonds is 7. The molecule has 0 amide bonds. The molecule has 0 rings (SSSR count). The van der Waals surface area contributed by atoms with Gasteiger partial charge in [0.05, 0.1) is 12.2 Å². The highest BCUT2D eigenvalue weighted by atomic mass is 32.1. The molecule has 68 valence electrons. The molecule has 0 saturated carbocycles. The Morgan fingerprint density at radius 3 is 2.09 bits per heavy atom. The maximum Gasteiger partial charge on any atom is 0.348 e. The maximum atomic E-state index is 5.34. The van der Waals surface area contributed by atoms with Gasteiger partial charge in [0.25, 0.3) is 0 Å². The van der Waals surface area contributed by atoms with Crippen LogP contribution in [-0.4, -0.2) is 34.7 Å². The standard InChI is InChI=1S/C6H16O3SSi/c1-3-8-11(9-4-2)6-7-5-10/h10-11H,3-6H2,1-2H3. The Hall–Kier alpha value is 0.447. The van der Waals surface area contributed by atoms with E-state index < -0.39 is 9.28 Å². The second kappa shape index (κ2) is 8.54. The molecular weight excluding hydrogens is 180 g/mol. The van der Waals surface area contributed by atoms with E-state index in [-0.39, 0.29) is 0 Å². The second-order valence-corrected chi connectivity index (χ2v) is 3.96. The molecule has 0 radical (unpaired) electrons. The van der Waals surface area contributed by atoms with Gasteiger partial charge in [0.1, 0.15) is 0 Å². The van der Waals surface area contributed by atoms with E-state index in [1.54, 1.807) is 0 Å². The lowest BCUT2D eigenvalue weighted by Gasteiger charge is -2.13. The summed E-state index contributed by atoms with van der Waals surface area (Å²) in [5.74, 6) is 0.434. The molecule has 0 aliphatic rings. The van der Waals surface area contributed by atoms with Gasteiger partial charge in [-0.3, -0.25) is 0 Å². The zero-order valence-electron chi connectivity index (χ0n) is 7.08. The van der Waals surface area contributed by atoms with Crippen molar-refractivity contribution >= 4 is 21.9 Å². The Balaban J connectivity index is 3.34. The third kappa shape index (κ3) is 6.83. The van der Waals surface area contributed by atoms with E-state index in [4.69, 9.17) is 13.6 Å². The normalized spacial score (nSPS) is 10.9. The molecule has 3 nitrogen and oxygen atoms in total. The fraction of sp³-hybridized carbons (Fsp3) is 1.00. The highest BCUT2D eigenvalue weighted by Gasteiger charge is 2.10. The van der Waals surface area contributed by atoms with Gasteiger partial charge in [0, 0.05) is 13.2 Å². The van der Waals surface area contributed by atoms with Gasteiger partial charge in [-0.25, -0.2) is 0 Å². The van der Waals surface area contributed by atoms with Crippen molar-refractivity contribution in [2.24, 2.45) is 0 Å². The minimum Gasteiger partial charge on any atom is -0.396 e. The van der Waals surface area contributed by atoms with Gasteiger partial charge in [-0.15, -0.1) is 0 Å². The zero-order valence-corrected chi connectivity index (χ0v) is 9.13. The Morgan fingerprint density at radius 1 is 1.18 bits per heavy atom. The van der Waals surface area contributed by atoms with E-state index in [9.17, 15) is 0 Å². The first-order valence-corrected chi connectivity index (χ1v) is 6.16. The lowest BCUT2D eigenvalue weighted by atomic mass is 10.9. The summed E-state index contributed by atoms with van der Waals surface area (Å²) in [6.45, 7) is 5.32. The quantitative estimate of drug-likeness (QED) is 0.369. The fourth-order valence-corrected chi connectivity index (χ4v) is 2.31. The molecule has 0 aromatic carbocycles. The summed E-state index contributed by atoms with van der Waals surface area (Å²) in [5, 5.41) is 0. The smallest absolute Gasteiger partial charge is 0.348 e. The molecule has 0 N–H and O–H groups in total. The average Bonchev–Trinajstić information content (AvgIpc) is 2.01. The fourth-order valence-electron chi connectivity index (χ4n) is 0.665. The van der Waals surface area contributed by atoms with Crippen LogP contribution in [0, 0.1) is 0 Å². The van der Waals surface area contributed by atoms with Crippen molar-refractivity contribution in [3.8, 4) is 0 Å².